The number of ether oxygens (including phenoxy) is 2. The Balaban J connectivity index is 1.25. The van der Waals surface area contributed by atoms with E-state index in [1.807, 2.05) is 0 Å². The Kier molecular flexibility index (Phi) is 7.38. The van der Waals surface area contributed by atoms with Crippen LogP contribution in [-0.2, 0) is 14.0 Å². The zero-order valence-electron chi connectivity index (χ0n) is 20.8. The van der Waals surface area contributed by atoms with Crippen LogP contribution in [0.5, 0.6) is 5.75 Å². The largest absolute Gasteiger partial charge is 0.453 e. The van der Waals surface area contributed by atoms with Crippen molar-refractivity contribution in [3.05, 3.63) is 60.7 Å². The molecule has 1 atom stereocenters. The smallest absolute Gasteiger partial charge is 0.414 e. The molecule has 3 aromatic rings. The Bertz CT molecular complexity index is 1390. The molecule has 12 nitrogen and oxygen atoms in total. The number of carbonyl (C=O) groups is 2. The van der Waals surface area contributed by atoms with E-state index in [9.17, 15) is 14.2 Å². The second-order valence-corrected chi connectivity index (χ2v) is 11.6. The Morgan fingerprint density at radius 1 is 1.21 bits per heavy atom. The van der Waals surface area contributed by atoms with Crippen molar-refractivity contribution in [2.45, 2.75) is 6.10 Å². The molecule has 0 bridgehead atoms. The number of benzene rings is 2. The van der Waals surface area contributed by atoms with Crippen LogP contribution in [0.3, 0.4) is 0 Å². The fraction of sp³-hybridized carbons (Fsp3) is 0.333. The van der Waals surface area contributed by atoms with Crippen molar-refractivity contribution in [2.24, 2.45) is 0 Å². The molecule has 5 rings (SSSR count). The highest BCUT2D eigenvalue weighted by Crippen LogP contribution is 2.50. The van der Waals surface area contributed by atoms with E-state index in [0.29, 0.717) is 11.4 Å². The van der Waals surface area contributed by atoms with Gasteiger partial charge in [0, 0.05) is 25.2 Å². The van der Waals surface area contributed by atoms with Crippen LogP contribution in [0.4, 0.5) is 29.7 Å². The lowest BCUT2D eigenvalue weighted by molar-refractivity contribution is 0.132. The van der Waals surface area contributed by atoms with Crippen LogP contribution in [0.1, 0.15) is 0 Å². The van der Waals surface area contributed by atoms with E-state index in [0.717, 1.165) is 17.0 Å². The van der Waals surface area contributed by atoms with Crippen LogP contribution >= 0.6 is 7.37 Å². The third-order valence-corrected chi connectivity index (χ3v) is 8.67. The standard InChI is InChI=1S/C24H25F2N6O6P/c1-36-23(33)28-12-17-13-31(24(34)37-17)16-10-18(25)22(19(26)11-16)30-6-8-39(35,9-7-30)38-21-5-3-2-4-20(21)32-15-27-14-29-32/h2-5,10-11,14-15,17H,6-9,12-13H2,1H3,(H,28,33)/t17-/m0/s1. The summed E-state index contributed by atoms with van der Waals surface area (Å²) < 4.78 is 60.9. The van der Waals surface area contributed by atoms with Crippen LogP contribution in [0.2, 0.25) is 0 Å². The van der Waals surface area contributed by atoms with Crippen molar-refractivity contribution in [1.82, 2.24) is 20.1 Å². The summed E-state index contributed by atoms with van der Waals surface area (Å²) in [6.45, 7) is 0.171. The lowest BCUT2D eigenvalue weighted by Crippen LogP contribution is -2.37. The van der Waals surface area contributed by atoms with Gasteiger partial charge in [0.1, 0.15) is 30.1 Å². The minimum absolute atomic E-state index is 0.0125. The van der Waals surface area contributed by atoms with Gasteiger partial charge in [-0.3, -0.25) is 9.46 Å². The number of carbonyl (C=O) groups excluding carboxylic acids is 2. The first-order valence-corrected chi connectivity index (χ1v) is 14.0. The number of para-hydroxylation sites is 2. The van der Waals surface area contributed by atoms with Gasteiger partial charge >= 0.3 is 12.2 Å². The summed E-state index contributed by atoms with van der Waals surface area (Å²) in [5.41, 5.74) is 0.281. The van der Waals surface area contributed by atoms with Gasteiger partial charge in [0.15, 0.2) is 17.4 Å². The van der Waals surface area contributed by atoms with E-state index in [1.54, 1.807) is 24.3 Å². The SMILES string of the molecule is COC(=O)NC[C@H]1CN(c2cc(F)c(N3CCP(=O)(Oc4ccccc4-n4cncn4)CC3)c(F)c2)C(=O)O1. The fourth-order valence-electron chi connectivity index (χ4n) is 4.44. The van der Waals surface area contributed by atoms with Gasteiger partial charge in [-0.1, -0.05) is 12.1 Å². The van der Waals surface area contributed by atoms with E-state index in [2.05, 4.69) is 20.1 Å². The van der Waals surface area contributed by atoms with Crippen LogP contribution in [0.15, 0.2) is 49.1 Å². The molecule has 0 aliphatic carbocycles. The highest BCUT2D eigenvalue weighted by molar-refractivity contribution is 7.59. The van der Waals surface area contributed by atoms with Gasteiger partial charge in [0.25, 0.3) is 7.37 Å². The lowest BCUT2D eigenvalue weighted by Gasteiger charge is -2.34. The Morgan fingerprint density at radius 3 is 2.59 bits per heavy atom. The summed E-state index contributed by atoms with van der Waals surface area (Å²) in [7, 11) is -1.97. The van der Waals surface area contributed by atoms with Crippen LogP contribution < -0.4 is 19.6 Å². The van der Waals surface area contributed by atoms with Gasteiger partial charge < -0.3 is 24.2 Å². The van der Waals surface area contributed by atoms with Crippen molar-refractivity contribution in [2.75, 3.05) is 55.4 Å². The molecule has 2 amide bonds. The molecular formula is C24H25F2N6O6P. The average Bonchev–Trinajstić information content (AvgIpc) is 3.58. The van der Waals surface area contributed by atoms with Gasteiger partial charge in [-0.05, 0) is 12.1 Å². The molecule has 0 unspecified atom stereocenters. The zero-order chi connectivity index (χ0) is 27.6. The van der Waals surface area contributed by atoms with Crippen LogP contribution in [-0.4, -0.2) is 78.7 Å². The quantitative estimate of drug-likeness (QED) is 0.431. The third-order valence-electron chi connectivity index (χ3n) is 6.38. The predicted molar refractivity (Wildman–Crippen MR) is 136 cm³/mol. The van der Waals surface area contributed by atoms with Crippen molar-refractivity contribution in [3.63, 3.8) is 0 Å². The Labute approximate surface area is 221 Å². The number of nitrogens with one attached hydrogen (secondary N) is 1. The molecule has 15 heteroatoms. The molecular weight excluding hydrogens is 537 g/mol. The summed E-state index contributed by atoms with van der Waals surface area (Å²) in [5.74, 6) is -1.37. The molecule has 0 radical (unpaired) electrons. The van der Waals surface area contributed by atoms with Gasteiger partial charge in [-0.15, -0.1) is 0 Å². The lowest BCUT2D eigenvalue weighted by atomic mass is 10.2. The Morgan fingerprint density at radius 2 is 1.92 bits per heavy atom. The minimum atomic E-state index is -3.17. The third kappa shape index (κ3) is 5.65. The first-order valence-electron chi connectivity index (χ1n) is 12.0. The van der Waals surface area contributed by atoms with E-state index in [4.69, 9.17) is 9.26 Å². The number of hydrogen-bond acceptors (Lipinski definition) is 9. The summed E-state index contributed by atoms with van der Waals surface area (Å²) in [5, 5.41) is 6.50. The number of aromatic nitrogens is 3. The average molecular weight is 562 g/mol. The number of anilines is 2. The predicted octanol–water partition coefficient (Wildman–Crippen LogP) is 3.40. The highest BCUT2D eigenvalue weighted by Gasteiger charge is 2.36. The zero-order valence-corrected chi connectivity index (χ0v) is 21.7. The topological polar surface area (TPSA) is 128 Å². The molecule has 2 aromatic carbocycles. The van der Waals surface area contributed by atoms with Gasteiger partial charge in [-0.25, -0.2) is 28.0 Å². The number of cyclic esters (lactones) is 1. The number of halogens is 2. The first-order chi connectivity index (χ1) is 18.8. The maximum absolute atomic E-state index is 15.2. The molecule has 2 aliphatic heterocycles. The first kappa shape index (κ1) is 26.4. The van der Waals surface area contributed by atoms with E-state index in [-0.39, 0.29) is 49.9 Å². The molecule has 2 fully saturated rings. The Hall–Kier alpha value is -4.19. The molecule has 1 aromatic heterocycles. The molecule has 206 valence electrons. The molecule has 2 saturated heterocycles. The number of nitrogens with zero attached hydrogens (tertiary/aromatic N) is 5. The molecule has 0 spiro atoms. The molecule has 1 N–H and O–H groups in total. The summed E-state index contributed by atoms with van der Waals surface area (Å²) in [6.07, 6.45) is 0.825. The van der Waals surface area contributed by atoms with Crippen molar-refractivity contribution >= 4 is 30.9 Å². The molecule has 39 heavy (non-hydrogen) atoms. The maximum Gasteiger partial charge on any atom is 0.414 e. The molecule has 0 saturated carbocycles. The fourth-order valence-corrected chi connectivity index (χ4v) is 6.45. The number of hydrogen-bond donors (Lipinski definition) is 1. The summed E-state index contributed by atoms with van der Waals surface area (Å²) >= 11 is 0. The molecule has 3 heterocycles. The van der Waals surface area contributed by atoms with Crippen LogP contribution in [0.25, 0.3) is 5.69 Å². The highest BCUT2D eigenvalue weighted by atomic mass is 31.2. The normalized spacial score (nSPS) is 18.5. The van der Waals surface area contributed by atoms with Crippen molar-refractivity contribution < 1.29 is 36.9 Å². The van der Waals surface area contributed by atoms with Crippen molar-refractivity contribution in [3.8, 4) is 11.4 Å². The number of rotatable bonds is 7. The molecule has 2 aliphatic rings. The number of alkyl carbamates (subject to hydrolysis) is 1. The minimum Gasteiger partial charge on any atom is -0.453 e. The second-order valence-electron chi connectivity index (χ2n) is 8.89. The number of amides is 2. The summed E-state index contributed by atoms with van der Waals surface area (Å²) in [6, 6.07) is 9.08. The maximum atomic E-state index is 15.2. The van der Waals surface area contributed by atoms with Crippen molar-refractivity contribution in [1.29, 1.82) is 0 Å². The monoisotopic (exact) mass is 562 g/mol. The van der Waals surface area contributed by atoms with Crippen LogP contribution in [0, 0.1) is 11.6 Å². The number of methoxy groups -OCH3 is 1. The summed E-state index contributed by atoms with van der Waals surface area (Å²) in [4.78, 5) is 30.0. The van der Waals surface area contributed by atoms with Gasteiger partial charge in [0.05, 0.1) is 38.2 Å². The van der Waals surface area contributed by atoms with Gasteiger partial charge in [-0.2, -0.15) is 5.10 Å². The van der Waals surface area contributed by atoms with E-state index in [1.165, 1.54) is 29.3 Å². The van der Waals surface area contributed by atoms with E-state index < -0.39 is 37.3 Å². The second kappa shape index (κ2) is 10.9. The van der Waals surface area contributed by atoms with Gasteiger partial charge in [0.2, 0.25) is 0 Å². The van der Waals surface area contributed by atoms with E-state index >= 15 is 8.78 Å².